The number of carbonyl (C=O) groups is 1. The van der Waals surface area contributed by atoms with Gasteiger partial charge in [-0.25, -0.2) is 4.79 Å². The van der Waals surface area contributed by atoms with Gasteiger partial charge in [0.1, 0.15) is 5.60 Å². The molecule has 1 aromatic rings. The van der Waals surface area contributed by atoms with Crippen LogP contribution in [0.15, 0.2) is 24.4 Å². The Morgan fingerprint density at radius 3 is 2.74 bits per heavy atom. The molecule has 0 bridgehead atoms. The molecule has 1 aromatic heterocycles. The van der Waals surface area contributed by atoms with Gasteiger partial charge in [0.15, 0.2) is 0 Å². The lowest BCUT2D eigenvalue weighted by molar-refractivity contribution is 0.00659. The predicted octanol–water partition coefficient (Wildman–Crippen LogP) is 3.22. The highest BCUT2D eigenvalue weighted by molar-refractivity contribution is 5.73. The summed E-state index contributed by atoms with van der Waals surface area (Å²) >= 11 is 0. The Labute approximate surface area is 137 Å². The van der Waals surface area contributed by atoms with Crippen molar-refractivity contribution in [3.63, 3.8) is 0 Å². The first-order valence-electron chi connectivity index (χ1n) is 8.14. The van der Waals surface area contributed by atoms with Gasteiger partial charge in [-0.05, 0) is 44.4 Å². The highest BCUT2D eigenvalue weighted by Gasteiger charge is 2.28. The number of rotatable bonds is 2. The molecule has 1 saturated heterocycles. The summed E-state index contributed by atoms with van der Waals surface area (Å²) in [4.78, 5) is 18.4. The fourth-order valence-corrected chi connectivity index (χ4v) is 2.81. The molecule has 5 nitrogen and oxygen atoms in total. The van der Waals surface area contributed by atoms with E-state index in [-0.39, 0.29) is 6.09 Å². The molecule has 0 saturated carbocycles. The van der Waals surface area contributed by atoms with E-state index in [9.17, 15) is 4.79 Å². The molecule has 124 valence electrons. The highest BCUT2D eigenvalue weighted by Crippen LogP contribution is 2.32. The molecule has 2 aliphatic heterocycles. The smallest absolute Gasteiger partial charge is 0.410 e. The molecule has 1 amide bonds. The third kappa shape index (κ3) is 3.72. The Kier molecular flexibility index (Phi) is 4.39. The van der Waals surface area contributed by atoms with Gasteiger partial charge in [0.05, 0.1) is 18.9 Å². The Bertz CT molecular complexity index is 615. The number of hydrogen-bond donors (Lipinski definition) is 0. The van der Waals surface area contributed by atoms with Crippen molar-refractivity contribution in [3.05, 3.63) is 35.7 Å². The van der Waals surface area contributed by atoms with Gasteiger partial charge in [-0.3, -0.25) is 4.98 Å². The number of aromatic nitrogens is 1. The lowest BCUT2D eigenvalue weighted by Crippen LogP contribution is -2.39. The van der Waals surface area contributed by atoms with Gasteiger partial charge in [-0.1, -0.05) is 12.1 Å². The molecule has 0 aliphatic carbocycles. The van der Waals surface area contributed by atoms with E-state index in [0.29, 0.717) is 19.0 Å². The normalized spacial score (nSPS) is 19.1. The number of hydrogen-bond acceptors (Lipinski definition) is 4. The molecule has 5 heteroatoms. The zero-order valence-corrected chi connectivity index (χ0v) is 14.0. The van der Waals surface area contributed by atoms with Crippen LogP contribution < -0.4 is 0 Å². The largest absolute Gasteiger partial charge is 0.444 e. The molecule has 0 aromatic carbocycles. The summed E-state index contributed by atoms with van der Waals surface area (Å²) in [7, 11) is 0. The molecule has 0 atom stereocenters. The Balaban J connectivity index is 1.71. The molecule has 1 fully saturated rings. The lowest BCUT2D eigenvalue weighted by atomic mass is 9.91. The van der Waals surface area contributed by atoms with E-state index >= 15 is 0 Å². The van der Waals surface area contributed by atoms with Crippen molar-refractivity contribution in [2.45, 2.75) is 38.7 Å². The monoisotopic (exact) mass is 316 g/mol. The zero-order valence-electron chi connectivity index (χ0n) is 14.0. The SMILES string of the molecule is CC(C)(C)OC(=O)N1CC=C(c2cccnc2C2COC2)CC1. The average Bonchev–Trinajstić information content (AvgIpc) is 2.44. The number of carbonyl (C=O) groups excluding carboxylic acids is 1. The van der Waals surface area contributed by atoms with Crippen LogP contribution in [0.4, 0.5) is 4.79 Å². The second-order valence-electron chi connectivity index (χ2n) is 7.08. The van der Waals surface area contributed by atoms with Gasteiger partial charge in [0, 0.05) is 25.2 Å². The topological polar surface area (TPSA) is 51.7 Å². The molecule has 0 N–H and O–H groups in total. The van der Waals surface area contributed by atoms with Crippen molar-refractivity contribution in [1.29, 1.82) is 0 Å². The molecular formula is C18H24N2O3. The zero-order chi connectivity index (χ0) is 16.4. The van der Waals surface area contributed by atoms with E-state index in [1.165, 1.54) is 11.1 Å². The minimum absolute atomic E-state index is 0.244. The van der Waals surface area contributed by atoms with Crippen molar-refractivity contribution in [3.8, 4) is 0 Å². The van der Waals surface area contributed by atoms with Crippen molar-refractivity contribution < 1.29 is 14.3 Å². The van der Waals surface area contributed by atoms with E-state index in [4.69, 9.17) is 9.47 Å². The number of ether oxygens (including phenoxy) is 2. The van der Waals surface area contributed by atoms with Crippen molar-refractivity contribution in [2.75, 3.05) is 26.3 Å². The first-order chi connectivity index (χ1) is 10.9. The van der Waals surface area contributed by atoms with Crippen LogP contribution in [0.1, 0.15) is 44.4 Å². The summed E-state index contributed by atoms with van der Waals surface area (Å²) in [6.07, 6.45) is 4.54. The van der Waals surface area contributed by atoms with Crippen molar-refractivity contribution >= 4 is 11.7 Å². The van der Waals surface area contributed by atoms with Gasteiger partial charge in [0.25, 0.3) is 0 Å². The van der Waals surface area contributed by atoms with E-state index in [1.54, 1.807) is 4.90 Å². The van der Waals surface area contributed by atoms with Crippen LogP contribution in [0.25, 0.3) is 5.57 Å². The Hall–Kier alpha value is -1.88. The van der Waals surface area contributed by atoms with Crippen LogP contribution in [0.2, 0.25) is 0 Å². The molecule has 2 aliphatic rings. The summed E-state index contributed by atoms with van der Waals surface area (Å²) < 4.78 is 10.7. The fourth-order valence-electron chi connectivity index (χ4n) is 2.81. The second-order valence-corrected chi connectivity index (χ2v) is 7.08. The van der Waals surface area contributed by atoms with E-state index < -0.39 is 5.60 Å². The summed E-state index contributed by atoms with van der Waals surface area (Å²) in [6, 6.07) is 4.09. The molecule has 0 radical (unpaired) electrons. The minimum atomic E-state index is -0.457. The van der Waals surface area contributed by atoms with Crippen molar-refractivity contribution in [1.82, 2.24) is 9.88 Å². The molecule has 0 spiro atoms. The van der Waals surface area contributed by atoms with Crippen LogP contribution >= 0.6 is 0 Å². The van der Waals surface area contributed by atoms with E-state index in [0.717, 1.165) is 25.3 Å². The second kappa shape index (κ2) is 6.32. The van der Waals surface area contributed by atoms with Crippen LogP contribution in [-0.4, -0.2) is 47.9 Å². The van der Waals surface area contributed by atoms with E-state index in [2.05, 4.69) is 17.1 Å². The first kappa shape index (κ1) is 16.0. The van der Waals surface area contributed by atoms with Crippen LogP contribution in [0.3, 0.4) is 0 Å². The molecule has 3 rings (SSSR count). The van der Waals surface area contributed by atoms with Gasteiger partial charge in [-0.15, -0.1) is 0 Å². The minimum Gasteiger partial charge on any atom is -0.444 e. The molecular weight excluding hydrogens is 292 g/mol. The van der Waals surface area contributed by atoms with E-state index in [1.807, 2.05) is 33.0 Å². The van der Waals surface area contributed by atoms with Crippen LogP contribution in [-0.2, 0) is 9.47 Å². The number of nitrogens with zero attached hydrogens (tertiary/aromatic N) is 2. The van der Waals surface area contributed by atoms with Gasteiger partial charge >= 0.3 is 6.09 Å². The van der Waals surface area contributed by atoms with Gasteiger partial charge in [0.2, 0.25) is 0 Å². The molecule has 23 heavy (non-hydrogen) atoms. The van der Waals surface area contributed by atoms with Crippen LogP contribution in [0.5, 0.6) is 0 Å². The number of pyridine rings is 1. The predicted molar refractivity (Wildman–Crippen MR) is 88.2 cm³/mol. The molecule has 3 heterocycles. The van der Waals surface area contributed by atoms with Crippen molar-refractivity contribution in [2.24, 2.45) is 0 Å². The maximum Gasteiger partial charge on any atom is 0.410 e. The summed E-state index contributed by atoms with van der Waals surface area (Å²) in [6.45, 7) is 8.43. The first-order valence-corrected chi connectivity index (χ1v) is 8.14. The summed E-state index contributed by atoms with van der Waals surface area (Å²) in [5.41, 5.74) is 3.13. The maximum absolute atomic E-state index is 12.1. The van der Waals surface area contributed by atoms with Gasteiger partial charge in [-0.2, -0.15) is 0 Å². The standard InChI is InChI=1S/C18H24N2O3/c1-18(2,3)23-17(21)20-9-6-13(7-10-20)15-5-4-8-19-16(15)14-11-22-12-14/h4-6,8,14H,7,9-12H2,1-3H3. The third-order valence-corrected chi connectivity index (χ3v) is 4.07. The summed E-state index contributed by atoms with van der Waals surface area (Å²) in [5.74, 6) is 0.399. The van der Waals surface area contributed by atoms with Crippen LogP contribution in [0, 0.1) is 0 Å². The average molecular weight is 316 g/mol. The lowest BCUT2D eigenvalue weighted by Gasteiger charge is -2.31. The van der Waals surface area contributed by atoms with Gasteiger partial charge < -0.3 is 14.4 Å². The third-order valence-electron chi connectivity index (χ3n) is 4.07. The Morgan fingerprint density at radius 2 is 2.17 bits per heavy atom. The molecule has 0 unspecified atom stereocenters. The maximum atomic E-state index is 12.1. The quantitative estimate of drug-likeness (QED) is 0.840. The Morgan fingerprint density at radius 1 is 1.39 bits per heavy atom. The number of amides is 1. The highest BCUT2D eigenvalue weighted by atomic mass is 16.6. The summed E-state index contributed by atoms with van der Waals surface area (Å²) in [5, 5.41) is 0. The fraction of sp³-hybridized carbons (Fsp3) is 0.556.